The van der Waals surface area contributed by atoms with Gasteiger partial charge in [0.05, 0.1) is 10.6 Å². The number of allylic oxidation sites excluding steroid dienone is 4. The summed E-state index contributed by atoms with van der Waals surface area (Å²) in [6, 6.07) is 0. The number of hydrogen-bond acceptors (Lipinski definition) is 3. The van der Waals surface area contributed by atoms with Gasteiger partial charge in [0.2, 0.25) is 0 Å². The van der Waals surface area contributed by atoms with Gasteiger partial charge in [-0.2, -0.15) is 0 Å². The Morgan fingerprint density at radius 3 is 1.18 bits per heavy atom. The van der Waals surface area contributed by atoms with Crippen molar-refractivity contribution >= 4 is 35.0 Å². The van der Waals surface area contributed by atoms with Crippen molar-refractivity contribution in [3.8, 4) is 0 Å². The Morgan fingerprint density at radius 1 is 0.706 bits per heavy atom. The average Bonchev–Trinajstić information content (AvgIpc) is 3.51. The molecule has 3 aliphatic heterocycles. The molecule has 5 aliphatic rings. The molecule has 3 heterocycles. The van der Waals surface area contributed by atoms with E-state index in [1.165, 1.54) is 32.1 Å². The smallest absolute Gasteiger partial charge is 0.418 e. The summed E-state index contributed by atoms with van der Waals surface area (Å²) >= 11 is 0. The van der Waals surface area contributed by atoms with Gasteiger partial charge in [-0.15, -0.1) is 0 Å². The van der Waals surface area contributed by atoms with Gasteiger partial charge >= 0.3 is 19.2 Å². The zero-order valence-electron chi connectivity index (χ0n) is 19.9. The van der Waals surface area contributed by atoms with E-state index in [4.69, 9.17) is 4.74 Å². The van der Waals surface area contributed by atoms with E-state index in [0.717, 1.165) is 22.5 Å². The maximum Gasteiger partial charge on any atom is 0.673 e. The molecule has 2 aliphatic carbocycles. The number of rotatable bonds is 2. The van der Waals surface area contributed by atoms with Gasteiger partial charge in [-0.25, -0.2) is 9.59 Å². The molecule has 3 nitrogen and oxygen atoms in total. The molecular formula is C23H32BF4O3P2Rh-. The van der Waals surface area contributed by atoms with Gasteiger partial charge in [0.1, 0.15) is 0 Å². The molecule has 0 N–H and O–H groups in total. The van der Waals surface area contributed by atoms with Crippen LogP contribution < -0.4 is 0 Å². The number of hydrogen-bond donors (Lipinski definition) is 0. The Labute approximate surface area is 215 Å². The second kappa shape index (κ2) is 12.2. The fourth-order valence-corrected chi connectivity index (χ4v) is 12.5. The Kier molecular flexibility index (Phi) is 10.8. The second-order valence-corrected chi connectivity index (χ2v) is 15.6. The molecule has 5 rings (SSSR count). The summed E-state index contributed by atoms with van der Waals surface area (Å²) in [5, 5.41) is 1.67. The van der Waals surface area contributed by atoms with Crippen LogP contribution in [0.3, 0.4) is 0 Å². The minimum atomic E-state index is -6.00. The van der Waals surface area contributed by atoms with E-state index in [2.05, 4.69) is 52.0 Å². The molecule has 34 heavy (non-hydrogen) atoms. The van der Waals surface area contributed by atoms with Gasteiger partial charge in [0, 0.05) is 19.5 Å². The van der Waals surface area contributed by atoms with Crippen LogP contribution in [0.2, 0.25) is 0 Å². The molecule has 1 radical (unpaired) electrons. The van der Waals surface area contributed by atoms with Crippen LogP contribution in [0.15, 0.2) is 34.9 Å². The molecule has 2 fully saturated rings. The van der Waals surface area contributed by atoms with Crippen molar-refractivity contribution in [1.82, 2.24) is 0 Å². The molecule has 4 atom stereocenters. The van der Waals surface area contributed by atoms with Crippen molar-refractivity contribution in [3.63, 3.8) is 0 Å². The monoisotopic (exact) mass is 608 g/mol. The van der Waals surface area contributed by atoms with Crippen molar-refractivity contribution in [2.45, 2.75) is 82.4 Å². The Balaban J connectivity index is 0.000000257. The molecule has 11 heteroatoms. The summed E-state index contributed by atoms with van der Waals surface area (Å²) in [4.78, 5) is 24.7. The fourth-order valence-electron chi connectivity index (χ4n) is 5.43. The minimum absolute atomic E-state index is 0. The van der Waals surface area contributed by atoms with Gasteiger partial charge in [-0.1, -0.05) is 67.8 Å². The second-order valence-electron chi connectivity index (χ2n) is 9.57. The van der Waals surface area contributed by atoms with Gasteiger partial charge < -0.3 is 22.0 Å². The van der Waals surface area contributed by atoms with Crippen LogP contribution in [-0.2, 0) is 33.8 Å². The van der Waals surface area contributed by atoms with Gasteiger partial charge in [-0.05, 0) is 66.6 Å². The van der Waals surface area contributed by atoms with Crippen LogP contribution in [0.1, 0.15) is 59.8 Å². The SMILES string of the molecule is C1=CC2C=CC1C2.C[C@@H]1CC[C@@H](C)P1C1=C(P2[C@H](C)CC[C@H]2C)C(=O)OC1=O.F[B-](F)(F)F.[Rh]. The molecule has 0 saturated carbocycles. The molecule has 0 unspecified atom stereocenters. The molecule has 2 saturated heterocycles. The fraction of sp³-hybridized carbons (Fsp3) is 0.652. The Bertz CT molecular complexity index is 766. The first-order valence-electron chi connectivity index (χ1n) is 11.7. The quantitative estimate of drug-likeness (QED) is 0.0819. The summed E-state index contributed by atoms with van der Waals surface area (Å²) in [6.45, 7) is 8.96. The summed E-state index contributed by atoms with van der Waals surface area (Å²) in [6.07, 6.45) is 15.2. The van der Waals surface area contributed by atoms with Crippen molar-refractivity contribution in [2.24, 2.45) is 11.8 Å². The van der Waals surface area contributed by atoms with Crippen LogP contribution >= 0.6 is 15.8 Å². The molecule has 0 aromatic rings. The number of carbonyl (C=O) groups excluding carboxylic acids is 2. The third-order valence-corrected chi connectivity index (χ3v) is 13.8. The number of cyclic esters (lactones) is 2. The minimum Gasteiger partial charge on any atom is -0.418 e. The Morgan fingerprint density at radius 2 is 0.971 bits per heavy atom. The first kappa shape index (κ1) is 29.9. The molecule has 0 aromatic carbocycles. The third-order valence-electron chi connectivity index (χ3n) is 6.97. The summed E-state index contributed by atoms with van der Waals surface area (Å²) in [7, 11) is -7.06. The molecule has 0 aromatic heterocycles. The number of halogens is 4. The number of carbonyl (C=O) groups is 2. The van der Waals surface area contributed by atoms with Crippen LogP contribution in [0.4, 0.5) is 17.3 Å². The molecule has 0 amide bonds. The van der Waals surface area contributed by atoms with Crippen molar-refractivity contribution in [1.29, 1.82) is 0 Å². The van der Waals surface area contributed by atoms with Gasteiger partial charge in [-0.3, -0.25) is 0 Å². The van der Waals surface area contributed by atoms with Gasteiger partial charge in [0.25, 0.3) is 0 Å². The van der Waals surface area contributed by atoms with E-state index in [0.29, 0.717) is 22.6 Å². The van der Waals surface area contributed by atoms with Crippen LogP contribution in [-0.4, -0.2) is 41.8 Å². The number of ether oxygens (including phenoxy) is 1. The molecule has 0 spiro atoms. The van der Waals surface area contributed by atoms with E-state index in [1.54, 1.807) is 0 Å². The van der Waals surface area contributed by atoms with Gasteiger partial charge in [0.15, 0.2) is 0 Å². The maximum atomic E-state index is 12.4. The maximum absolute atomic E-state index is 12.4. The van der Waals surface area contributed by atoms with E-state index in [-0.39, 0.29) is 31.4 Å². The third kappa shape index (κ3) is 7.33. The van der Waals surface area contributed by atoms with Crippen LogP contribution in [0, 0.1) is 11.8 Å². The molecule has 2 bridgehead atoms. The van der Waals surface area contributed by atoms with Crippen LogP contribution in [0.25, 0.3) is 0 Å². The molecular weight excluding hydrogens is 576 g/mol. The summed E-state index contributed by atoms with van der Waals surface area (Å²) in [5.74, 6) is 1.00. The first-order chi connectivity index (χ1) is 15.4. The normalized spacial score (nSPS) is 34.6. The summed E-state index contributed by atoms with van der Waals surface area (Å²) < 4.78 is 44.1. The van der Waals surface area contributed by atoms with E-state index < -0.39 is 23.1 Å². The zero-order valence-corrected chi connectivity index (χ0v) is 23.3. The molecule has 193 valence electrons. The Hall–Kier alpha value is -0.372. The largest absolute Gasteiger partial charge is 0.673 e. The van der Waals surface area contributed by atoms with E-state index in [1.807, 2.05) is 0 Å². The standard InChI is InChI=1S/C16H24O3P2.C7H8.BF4.Rh/c1-9-5-6-10(2)20(9)13-14(16(18)19-15(13)17)21-11(3)7-8-12(21)4;1-2-7-4-3-6(1)5-7;2-1(3,4)5;/h9-12H,5-8H2,1-4H3;1-4,6-7H,5H2;;/q;;-1;/t9-,10-,11-,12-;;;/m1.../s1. The average molecular weight is 608 g/mol. The van der Waals surface area contributed by atoms with Crippen molar-refractivity contribution in [2.75, 3.05) is 0 Å². The van der Waals surface area contributed by atoms with E-state index in [9.17, 15) is 26.9 Å². The van der Waals surface area contributed by atoms with Crippen molar-refractivity contribution < 1.29 is 51.1 Å². The first-order valence-corrected chi connectivity index (χ1v) is 14.6. The van der Waals surface area contributed by atoms with Crippen molar-refractivity contribution in [3.05, 3.63) is 34.9 Å². The topological polar surface area (TPSA) is 43.4 Å². The predicted molar refractivity (Wildman–Crippen MR) is 128 cm³/mol. The zero-order chi connectivity index (χ0) is 24.5. The van der Waals surface area contributed by atoms with Crippen LogP contribution in [0.5, 0.6) is 0 Å². The number of fused-ring (bicyclic) bond motifs is 2. The number of esters is 2. The van der Waals surface area contributed by atoms with E-state index >= 15 is 0 Å². The predicted octanol–water partition coefficient (Wildman–Crippen LogP) is 7.43. The summed E-state index contributed by atoms with van der Waals surface area (Å²) in [5.41, 5.74) is 2.17.